The van der Waals surface area contributed by atoms with Gasteiger partial charge < -0.3 is 9.13 Å². The Labute approximate surface area is 276 Å². The lowest BCUT2D eigenvalue weighted by Gasteiger charge is -2.12. The minimum Gasteiger partial charge on any atom is -0.309 e. The zero-order valence-corrected chi connectivity index (χ0v) is 26.1. The van der Waals surface area contributed by atoms with E-state index < -0.39 is 0 Å². The molecule has 11 aromatic rings. The molecule has 0 spiro atoms. The molecule has 0 unspecified atom stereocenters. The molecule has 0 bridgehead atoms. The lowest BCUT2D eigenvalue weighted by molar-refractivity contribution is 1.18. The molecule has 2 aromatic heterocycles. The molecule has 2 heteroatoms. The van der Waals surface area contributed by atoms with Crippen LogP contribution in [-0.2, 0) is 0 Å². The number of fused-ring (bicyclic) bond motifs is 13. The summed E-state index contributed by atoms with van der Waals surface area (Å²) in [6.07, 6.45) is 0. The summed E-state index contributed by atoms with van der Waals surface area (Å²) in [5.74, 6) is 0. The summed E-state index contributed by atoms with van der Waals surface area (Å²) in [7, 11) is 0. The fraction of sp³-hybridized carbons (Fsp3) is 0. The molecule has 11 rings (SSSR count). The van der Waals surface area contributed by atoms with Crippen LogP contribution in [0.1, 0.15) is 0 Å². The van der Waals surface area contributed by atoms with Gasteiger partial charge in [0.05, 0.1) is 22.1 Å². The number of benzene rings is 9. The van der Waals surface area contributed by atoms with E-state index in [1.165, 1.54) is 98.1 Å². The Kier molecular flexibility index (Phi) is 5.14. The molecule has 0 aliphatic carbocycles. The van der Waals surface area contributed by atoms with Gasteiger partial charge in [-0.3, -0.25) is 0 Å². The van der Waals surface area contributed by atoms with E-state index in [-0.39, 0.29) is 0 Å². The van der Waals surface area contributed by atoms with Crippen LogP contribution < -0.4 is 0 Å². The molecule has 0 fully saturated rings. The topological polar surface area (TPSA) is 9.86 Å². The molecule has 0 aliphatic rings. The predicted molar refractivity (Wildman–Crippen MR) is 205 cm³/mol. The number of para-hydroxylation sites is 2. The number of hydrogen-bond donors (Lipinski definition) is 0. The molecule has 48 heavy (non-hydrogen) atoms. The van der Waals surface area contributed by atoms with Gasteiger partial charge in [-0.15, -0.1) is 0 Å². The van der Waals surface area contributed by atoms with E-state index in [2.05, 4.69) is 179 Å². The Bertz CT molecular complexity index is 2910. The second kappa shape index (κ2) is 9.57. The van der Waals surface area contributed by atoms with Crippen LogP contribution in [-0.4, -0.2) is 9.13 Å². The second-order valence-electron chi connectivity index (χ2n) is 12.9. The first-order chi connectivity index (χ1) is 23.8. The van der Waals surface area contributed by atoms with Crippen molar-refractivity contribution in [3.8, 4) is 11.4 Å². The van der Waals surface area contributed by atoms with E-state index >= 15 is 0 Å². The number of hydrogen-bond acceptors (Lipinski definition) is 0. The van der Waals surface area contributed by atoms with E-state index in [0.717, 1.165) is 0 Å². The highest BCUT2D eigenvalue weighted by Gasteiger charge is 2.20. The summed E-state index contributed by atoms with van der Waals surface area (Å²) >= 11 is 0. The van der Waals surface area contributed by atoms with Crippen molar-refractivity contribution in [2.24, 2.45) is 0 Å². The summed E-state index contributed by atoms with van der Waals surface area (Å²) in [6, 6.07) is 62.6. The first-order valence-electron chi connectivity index (χ1n) is 16.6. The van der Waals surface area contributed by atoms with Crippen LogP contribution in [0, 0.1) is 0 Å². The van der Waals surface area contributed by atoms with E-state index in [9.17, 15) is 0 Å². The van der Waals surface area contributed by atoms with Crippen molar-refractivity contribution in [3.63, 3.8) is 0 Å². The standard InChI is InChI=1S/C46H28N2/c1-3-11-35-29(9-1)17-19-31-21-23-33(27-39(31)35)47-41-15-7-5-13-37(41)45-43(47)25-26-44-46(45)38-14-6-8-16-42(38)48(44)34-24-22-32-20-18-30-10-2-4-12-36(30)40(32)28-34/h1-28H. The van der Waals surface area contributed by atoms with Crippen molar-refractivity contribution in [1.82, 2.24) is 9.13 Å². The first kappa shape index (κ1) is 25.8. The normalized spacial score (nSPS) is 12.2. The van der Waals surface area contributed by atoms with Gasteiger partial charge in [0.1, 0.15) is 0 Å². The van der Waals surface area contributed by atoms with Gasteiger partial charge in [0.15, 0.2) is 0 Å². The minimum absolute atomic E-state index is 1.18. The molecule has 0 radical (unpaired) electrons. The van der Waals surface area contributed by atoms with Crippen LogP contribution in [0.25, 0.3) is 98.1 Å². The van der Waals surface area contributed by atoms with Gasteiger partial charge in [0.2, 0.25) is 0 Å². The molecular weight excluding hydrogens is 581 g/mol. The van der Waals surface area contributed by atoms with Crippen LogP contribution >= 0.6 is 0 Å². The zero-order valence-electron chi connectivity index (χ0n) is 26.1. The maximum Gasteiger partial charge on any atom is 0.0548 e. The van der Waals surface area contributed by atoms with Crippen molar-refractivity contribution in [2.45, 2.75) is 0 Å². The number of nitrogens with zero attached hydrogens (tertiary/aromatic N) is 2. The summed E-state index contributed by atoms with van der Waals surface area (Å²) in [5, 5.41) is 15.3. The van der Waals surface area contributed by atoms with Gasteiger partial charge in [0, 0.05) is 32.9 Å². The van der Waals surface area contributed by atoms with Gasteiger partial charge in [-0.2, -0.15) is 0 Å². The zero-order chi connectivity index (χ0) is 31.3. The third kappa shape index (κ3) is 3.46. The van der Waals surface area contributed by atoms with Crippen LogP contribution in [0.5, 0.6) is 0 Å². The average Bonchev–Trinajstić information content (AvgIpc) is 3.67. The Morgan fingerprint density at radius 3 is 1.06 bits per heavy atom. The van der Waals surface area contributed by atoms with E-state index in [0.29, 0.717) is 0 Å². The molecule has 0 saturated heterocycles. The predicted octanol–water partition coefficient (Wildman–Crippen LogP) is 12.5. The molecule has 0 atom stereocenters. The van der Waals surface area contributed by atoms with Crippen LogP contribution in [0.15, 0.2) is 170 Å². The van der Waals surface area contributed by atoms with Crippen molar-refractivity contribution >= 4 is 86.7 Å². The quantitative estimate of drug-likeness (QED) is 0.173. The largest absolute Gasteiger partial charge is 0.309 e. The van der Waals surface area contributed by atoms with E-state index in [4.69, 9.17) is 0 Å². The lowest BCUT2D eigenvalue weighted by atomic mass is 10.0. The number of aromatic nitrogens is 2. The Morgan fingerprint density at radius 1 is 0.250 bits per heavy atom. The molecule has 0 amide bonds. The molecule has 0 N–H and O–H groups in total. The second-order valence-corrected chi connectivity index (χ2v) is 12.9. The van der Waals surface area contributed by atoms with Crippen molar-refractivity contribution in [3.05, 3.63) is 170 Å². The molecule has 0 saturated carbocycles. The maximum atomic E-state index is 2.46. The highest BCUT2D eigenvalue weighted by Crippen LogP contribution is 2.43. The third-order valence-corrected chi connectivity index (χ3v) is 10.4. The van der Waals surface area contributed by atoms with Crippen molar-refractivity contribution < 1.29 is 0 Å². The Balaban J connectivity index is 1.25. The third-order valence-electron chi connectivity index (χ3n) is 10.4. The van der Waals surface area contributed by atoms with Gasteiger partial charge in [-0.05, 0) is 91.6 Å². The highest BCUT2D eigenvalue weighted by molar-refractivity contribution is 6.29. The maximum absolute atomic E-state index is 2.46. The summed E-state index contributed by atoms with van der Waals surface area (Å²) in [6.45, 7) is 0. The van der Waals surface area contributed by atoms with E-state index in [1.807, 2.05) is 0 Å². The van der Waals surface area contributed by atoms with Gasteiger partial charge in [-0.1, -0.05) is 121 Å². The lowest BCUT2D eigenvalue weighted by Crippen LogP contribution is -1.95. The smallest absolute Gasteiger partial charge is 0.0548 e. The number of rotatable bonds is 2. The SMILES string of the molecule is c1ccc2c(c1)ccc1ccc(-n3c4ccccc4c4c5c6ccccc6n(-c6ccc7ccc8ccccc8c7c6)c5ccc43)cc12. The van der Waals surface area contributed by atoms with Gasteiger partial charge in [-0.25, -0.2) is 0 Å². The summed E-state index contributed by atoms with van der Waals surface area (Å²) < 4.78 is 4.92. The fourth-order valence-electron chi connectivity index (χ4n) is 8.33. The molecule has 2 heterocycles. The summed E-state index contributed by atoms with van der Waals surface area (Å²) in [4.78, 5) is 0. The highest BCUT2D eigenvalue weighted by atomic mass is 15.0. The average molecular weight is 609 g/mol. The van der Waals surface area contributed by atoms with Gasteiger partial charge in [0.25, 0.3) is 0 Å². The molecule has 222 valence electrons. The van der Waals surface area contributed by atoms with Crippen LogP contribution in [0.4, 0.5) is 0 Å². The molecule has 9 aromatic carbocycles. The molecular formula is C46H28N2. The minimum atomic E-state index is 1.18. The van der Waals surface area contributed by atoms with E-state index in [1.54, 1.807) is 0 Å². The monoisotopic (exact) mass is 608 g/mol. The molecule has 0 aliphatic heterocycles. The Hall–Kier alpha value is -6.38. The first-order valence-corrected chi connectivity index (χ1v) is 16.6. The van der Waals surface area contributed by atoms with Crippen molar-refractivity contribution in [1.29, 1.82) is 0 Å². The molecule has 2 nitrogen and oxygen atoms in total. The van der Waals surface area contributed by atoms with Crippen LogP contribution in [0.3, 0.4) is 0 Å². The van der Waals surface area contributed by atoms with Gasteiger partial charge >= 0.3 is 0 Å². The fourth-order valence-corrected chi connectivity index (χ4v) is 8.33. The van der Waals surface area contributed by atoms with Crippen LogP contribution in [0.2, 0.25) is 0 Å². The Morgan fingerprint density at radius 2 is 0.604 bits per heavy atom. The summed E-state index contributed by atoms with van der Waals surface area (Å²) in [5.41, 5.74) is 7.22. The van der Waals surface area contributed by atoms with Crippen molar-refractivity contribution in [2.75, 3.05) is 0 Å².